The fourth-order valence-corrected chi connectivity index (χ4v) is 2.14. The molecule has 2 aromatic rings. The fraction of sp³-hybridized carbons (Fsp3) is 0.250. The smallest absolute Gasteiger partial charge is 0.326 e. The number of H-pyrrole nitrogens is 1. The van der Waals surface area contributed by atoms with Crippen LogP contribution in [0.15, 0.2) is 36.9 Å². The van der Waals surface area contributed by atoms with Crippen LogP contribution in [0.1, 0.15) is 28.9 Å². The van der Waals surface area contributed by atoms with Gasteiger partial charge in [0, 0.05) is 10.9 Å². The summed E-state index contributed by atoms with van der Waals surface area (Å²) in [6.07, 6.45) is 2.49. The molecule has 21 heavy (non-hydrogen) atoms. The Hall–Kier alpha value is -2.56. The second-order valence-electron chi connectivity index (χ2n) is 5.00. The first-order valence-corrected chi connectivity index (χ1v) is 6.75. The number of carboxylic acid groups (broad SMARTS) is 1. The third-order valence-corrected chi connectivity index (χ3v) is 3.29. The number of carboxylic acids is 1. The molecule has 1 aromatic carbocycles. The van der Waals surface area contributed by atoms with Crippen LogP contribution in [-0.4, -0.2) is 28.0 Å². The van der Waals surface area contributed by atoms with E-state index < -0.39 is 17.9 Å². The van der Waals surface area contributed by atoms with Crippen molar-refractivity contribution >= 4 is 22.8 Å². The zero-order valence-electron chi connectivity index (χ0n) is 11.8. The lowest BCUT2D eigenvalue weighted by atomic mass is 10.1. The summed E-state index contributed by atoms with van der Waals surface area (Å²) in [5.74, 6) is -1.46. The maximum atomic E-state index is 12.1. The molecule has 1 atom stereocenters. The lowest BCUT2D eigenvalue weighted by Crippen LogP contribution is -2.40. The van der Waals surface area contributed by atoms with Crippen molar-refractivity contribution in [3.05, 3.63) is 48.2 Å². The van der Waals surface area contributed by atoms with Gasteiger partial charge in [0.2, 0.25) is 0 Å². The van der Waals surface area contributed by atoms with Crippen molar-refractivity contribution < 1.29 is 14.7 Å². The number of hydrogen-bond donors (Lipinski definition) is 3. The number of carbonyl (C=O) groups is 2. The van der Waals surface area contributed by atoms with Crippen LogP contribution in [0.25, 0.3) is 10.9 Å². The highest BCUT2D eigenvalue weighted by Crippen LogP contribution is 2.17. The maximum Gasteiger partial charge on any atom is 0.326 e. The summed E-state index contributed by atoms with van der Waals surface area (Å²) in [4.78, 5) is 26.3. The first-order chi connectivity index (χ1) is 10.0. The first-order valence-electron chi connectivity index (χ1n) is 6.75. The highest BCUT2D eigenvalue weighted by Gasteiger charge is 2.20. The minimum Gasteiger partial charge on any atom is -0.480 e. The Morgan fingerprint density at radius 3 is 2.86 bits per heavy atom. The molecule has 0 aliphatic carbocycles. The van der Waals surface area contributed by atoms with Gasteiger partial charge in [-0.15, -0.1) is 6.58 Å². The molecule has 0 aliphatic rings. The van der Waals surface area contributed by atoms with Gasteiger partial charge in [-0.2, -0.15) is 0 Å². The molecule has 5 heteroatoms. The van der Waals surface area contributed by atoms with Crippen LogP contribution >= 0.6 is 0 Å². The number of hydrogen-bond acceptors (Lipinski definition) is 2. The molecule has 0 bridgehead atoms. The van der Waals surface area contributed by atoms with Crippen molar-refractivity contribution in [2.45, 2.75) is 25.8 Å². The van der Waals surface area contributed by atoms with Crippen LogP contribution < -0.4 is 5.32 Å². The Labute approximate surface area is 122 Å². The molecular weight excluding hydrogens is 268 g/mol. The van der Waals surface area contributed by atoms with E-state index in [4.69, 9.17) is 5.11 Å². The lowest BCUT2D eigenvalue weighted by Gasteiger charge is -2.12. The number of aryl methyl sites for hydroxylation is 1. The highest BCUT2D eigenvalue weighted by molar-refractivity contribution is 5.99. The quantitative estimate of drug-likeness (QED) is 0.714. The van der Waals surface area contributed by atoms with Gasteiger partial charge in [0.1, 0.15) is 11.7 Å². The summed E-state index contributed by atoms with van der Waals surface area (Å²) in [6.45, 7) is 5.52. The van der Waals surface area contributed by atoms with E-state index >= 15 is 0 Å². The summed E-state index contributed by atoms with van der Waals surface area (Å²) in [5.41, 5.74) is 2.31. The van der Waals surface area contributed by atoms with E-state index in [-0.39, 0.29) is 0 Å². The number of aromatic nitrogens is 1. The Balaban J connectivity index is 2.16. The minimum absolute atomic E-state index is 0.323. The van der Waals surface area contributed by atoms with Crippen molar-refractivity contribution in [2.75, 3.05) is 0 Å². The van der Waals surface area contributed by atoms with E-state index in [1.165, 1.54) is 0 Å². The average Bonchev–Trinajstić information content (AvgIpc) is 2.85. The number of rotatable bonds is 6. The molecule has 0 radical (unpaired) electrons. The van der Waals surface area contributed by atoms with Crippen LogP contribution in [0.5, 0.6) is 0 Å². The molecule has 0 saturated heterocycles. The van der Waals surface area contributed by atoms with Gasteiger partial charge in [0.15, 0.2) is 0 Å². The number of amides is 1. The van der Waals surface area contributed by atoms with Crippen LogP contribution in [0, 0.1) is 6.92 Å². The summed E-state index contributed by atoms with van der Waals surface area (Å²) < 4.78 is 0. The molecule has 2 rings (SSSR count). The Morgan fingerprint density at radius 2 is 2.19 bits per heavy atom. The summed E-state index contributed by atoms with van der Waals surface area (Å²) in [5, 5.41) is 12.6. The van der Waals surface area contributed by atoms with E-state index in [0.717, 1.165) is 16.5 Å². The predicted octanol–water partition coefficient (Wildman–Crippen LogP) is 2.63. The molecule has 3 N–H and O–H groups in total. The largest absolute Gasteiger partial charge is 0.480 e. The van der Waals surface area contributed by atoms with E-state index in [1.807, 2.05) is 25.1 Å². The Kier molecular flexibility index (Phi) is 4.42. The van der Waals surface area contributed by atoms with Crippen molar-refractivity contribution in [3.8, 4) is 0 Å². The van der Waals surface area contributed by atoms with Gasteiger partial charge in [0.25, 0.3) is 5.91 Å². The number of allylic oxidation sites excluding steroid dienone is 1. The highest BCUT2D eigenvalue weighted by atomic mass is 16.4. The summed E-state index contributed by atoms with van der Waals surface area (Å²) in [6, 6.07) is 6.63. The van der Waals surface area contributed by atoms with Crippen LogP contribution in [0.2, 0.25) is 0 Å². The van der Waals surface area contributed by atoms with Gasteiger partial charge >= 0.3 is 5.97 Å². The molecule has 1 amide bonds. The number of nitrogens with one attached hydrogen (secondary N) is 2. The molecule has 0 fully saturated rings. The van der Waals surface area contributed by atoms with Crippen LogP contribution in [0.3, 0.4) is 0 Å². The predicted molar refractivity (Wildman–Crippen MR) is 81.4 cm³/mol. The van der Waals surface area contributed by atoms with Crippen LogP contribution in [-0.2, 0) is 4.79 Å². The average molecular weight is 286 g/mol. The fourth-order valence-electron chi connectivity index (χ4n) is 2.14. The van der Waals surface area contributed by atoms with E-state index in [1.54, 1.807) is 12.1 Å². The van der Waals surface area contributed by atoms with Crippen molar-refractivity contribution in [1.29, 1.82) is 0 Å². The van der Waals surface area contributed by atoms with Gasteiger partial charge in [-0.25, -0.2) is 4.79 Å². The summed E-state index contributed by atoms with van der Waals surface area (Å²) in [7, 11) is 0. The molecule has 1 aromatic heterocycles. The Bertz CT molecular complexity index is 688. The van der Waals surface area contributed by atoms with E-state index in [9.17, 15) is 9.59 Å². The molecule has 110 valence electrons. The van der Waals surface area contributed by atoms with Gasteiger partial charge in [0.05, 0.1) is 0 Å². The van der Waals surface area contributed by atoms with Crippen molar-refractivity contribution in [2.24, 2.45) is 0 Å². The van der Waals surface area contributed by atoms with Gasteiger partial charge in [-0.3, -0.25) is 4.79 Å². The normalized spacial score (nSPS) is 12.0. The molecule has 5 nitrogen and oxygen atoms in total. The second-order valence-corrected chi connectivity index (χ2v) is 5.00. The van der Waals surface area contributed by atoms with Crippen molar-refractivity contribution in [3.63, 3.8) is 0 Å². The monoisotopic (exact) mass is 286 g/mol. The lowest BCUT2D eigenvalue weighted by molar-refractivity contribution is -0.139. The van der Waals surface area contributed by atoms with Crippen molar-refractivity contribution in [1.82, 2.24) is 10.3 Å². The summed E-state index contributed by atoms with van der Waals surface area (Å²) >= 11 is 0. The maximum absolute atomic E-state index is 12.1. The number of fused-ring (bicyclic) bond motifs is 1. The molecular formula is C16H18N2O3. The zero-order valence-corrected chi connectivity index (χ0v) is 11.8. The number of aromatic amines is 1. The molecule has 1 heterocycles. The second kappa shape index (κ2) is 6.26. The molecule has 0 spiro atoms. The molecule has 1 unspecified atom stereocenters. The minimum atomic E-state index is -1.04. The standard InChI is InChI=1S/C16H18N2O3/c1-3-4-5-12(16(20)21)18-15(19)14-9-11-7-6-10(2)8-13(11)17-14/h3,6-9,12,17H,1,4-5H2,2H3,(H,18,19)(H,20,21). The molecule has 0 saturated carbocycles. The number of benzene rings is 1. The van der Waals surface area contributed by atoms with Gasteiger partial charge in [-0.05, 0) is 37.5 Å². The van der Waals surface area contributed by atoms with Gasteiger partial charge < -0.3 is 15.4 Å². The SMILES string of the molecule is C=CCCC(NC(=O)c1cc2ccc(C)cc2[nH]1)C(=O)O. The third-order valence-electron chi connectivity index (χ3n) is 3.29. The number of carbonyl (C=O) groups excluding carboxylic acids is 1. The number of aliphatic carboxylic acids is 1. The topological polar surface area (TPSA) is 82.2 Å². The van der Waals surface area contributed by atoms with Crippen LogP contribution in [0.4, 0.5) is 0 Å². The Morgan fingerprint density at radius 1 is 1.43 bits per heavy atom. The molecule has 0 aliphatic heterocycles. The van der Waals surface area contributed by atoms with E-state index in [2.05, 4.69) is 16.9 Å². The third kappa shape index (κ3) is 3.51. The van der Waals surface area contributed by atoms with E-state index in [0.29, 0.717) is 18.5 Å². The zero-order chi connectivity index (χ0) is 15.4. The first kappa shape index (κ1) is 14.8. The van der Waals surface area contributed by atoms with Gasteiger partial charge in [-0.1, -0.05) is 18.2 Å².